The van der Waals surface area contributed by atoms with Gasteiger partial charge < -0.3 is 5.32 Å². The van der Waals surface area contributed by atoms with Crippen molar-refractivity contribution in [1.29, 1.82) is 0 Å². The van der Waals surface area contributed by atoms with Crippen molar-refractivity contribution in [1.82, 2.24) is 14.8 Å². The number of nitro benzene ring substituents is 1. The molecule has 8 nitrogen and oxygen atoms in total. The fourth-order valence-corrected chi connectivity index (χ4v) is 2.49. The Morgan fingerprint density at radius 1 is 1.23 bits per heavy atom. The van der Waals surface area contributed by atoms with Gasteiger partial charge in [0.25, 0.3) is 5.69 Å². The van der Waals surface area contributed by atoms with Gasteiger partial charge in [-0.1, -0.05) is 17.7 Å². The van der Waals surface area contributed by atoms with E-state index in [1.165, 1.54) is 35.5 Å². The van der Waals surface area contributed by atoms with E-state index < -0.39 is 4.92 Å². The van der Waals surface area contributed by atoms with Gasteiger partial charge in [0, 0.05) is 18.2 Å². The van der Waals surface area contributed by atoms with Gasteiger partial charge in [0.2, 0.25) is 5.91 Å². The number of non-ortho nitro benzene ring substituents is 1. The number of carbonyl (C=O) groups excluding carboxylic acids is 1. The first kappa shape index (κ1) is 17.3. The van der Waals surface area contributed by atoms with Gasteiger partial charge in [-0.2, -0.15) is 5.10 Å². The number of amides is 1. The quantitative estimate of drug-likeness (QED) is 0.421. The van der Waals surface area contributed by atoms with Crippen molar-refractivity contribution < 1.29 is 9.72 Å². The third kappa shape index (κ3) is 3.93. The lowest BCUT2D eigenvalue weighted by Gasteiger charge is -2.11. The molecule has 0 unspecified atom stereocenters. The van der Waals surface area contributed by atoms with Crippen molar-refractivity contribution in [2.75, 3.05) is 5.32 Å². The van der Waals surface area contributed by atoms with Crippen LogP contribution in [0.3, 0.4) is 0 Å². The molecular formula is C17H12ClN5O3. The van der Waals surface area contributed by atoms with Gasteiger partial charge in [-0.25, -0.2) is 9.67 Å². The largest absolute Gasteiger partial charge is 0.321 e. The molecule has 0 aliphatic heterocycles. The normalized spacial score (nSPS) is 10.8. The minimum absolute atomic E-state index is 0.0111. The van der Waals surface area contributed by atoms with E-state index in [1.54, 1.807) is 36.4 Å². The molecule has 0 atom stereocenters. The number of benzene rings is 2. The standard InChI is InChI=1S/C17H12ClN5O3/c18-14-2-1-3-15(17(14)22-11-19-10-20-22)21-16(24)9-6-12-4-7-13(8-5-12)23(25)26/h1-11H,(H,21,24)/b9-6+. The van der Waals surface area contributed by atoms with Gasteiger partial charge in [-0.15, -0.1) is 0 Å². The number of nitrogens with zero attached hydrogens (tertiary/aromatic N) is 4. The SMILES string of the molecule is O=C(/C=C/c1ccc([N+](=O)[O-])cc1)Nc1cccc(Cl)c1-n1cncn1. The molecule has 0 fully saturated rings. The third-order valence-electron chi connectivity index (χ3n) is 3.42. The number of nitrogens with one attached hydrogen (secondary N) is 1. The van der Waals surface area contributed by atoms with Crippen molar-refractivity contribution >= 4 is 35.0 Å². The topological polar surface area (TPSA) is 103 Å². The summed E-state index contributed by atoms with van der Waals surface area (Å²) in [6, 6.07) is 10.9. The zero-order valence-corrected chi connectivity index (χ0v) is 14.0. The minimum atomic E-state index is -0.481. The fourth-order valence-electron chi connectivity index (χ4n) is 2.23. The van der Waals surface area contributed by atoms with E-state index in [4.69, 9.17) is 11.6 Å². The summed E-state index contributed by atoms with van der Waals surface area (Å²) in [5.74, 6) is -0.382. The van der Waals surface area contributed by atoms with Crippen molar-refractivity contribution in [3.63, 3.8) is 0 Å². The zero-order valence-electron chi connectivity index (χ0n) is 13.2. The van der Waals surface area contributed by atoms with E-state index >= 15 is 0 Å². The molecule has 2 aromatic carbocycles. The van der Waals surface area contributed by atoms with Crippen LogP contribution in [0, 0.1) is 10.1 Å². The molecule has 3 rings (SSSR count). The Labute approximate surface area is 152 Å². The van der Waals surface area contributed by atoms with E-state index in [0.717, 1.165) is 0 Å². The Bertz CT molecular complexity index is 969. The van der Waals surface area contributed by atoms with Crippen molar-refractivity contribution in [3.8, 4) is 5.69 Å². The molecular weight excluding hydrogens is 358 g/mol. The van der Waals surface area contributed by atoms with Crippen LogP contribution in [-0.2, 0) is 4.79 Å². The second kappa shape index (κ2) is 7.58. The summed E-state index contributed by atoms with van der Waals surface area (Å²) in [4.78, 5) is 26.2. The summed E-state index contributed by atoms with van der Waals surface area (Å²) < 4.78 is 1.46. The summed E-state index contributed by atoms with van der Waals surface area (Å²) >= 11 is 6.20. The Morgan fingerprint density at radius 2 is 2.00 bits per heavy atom. The molecule has 0 spiro atoms. The molecule has 0 saturated heterocycles. The third-order valence-corrected chi connectivity index (χ3v) is 3.73. The smallest absolute Gasteiger partial charge is 0.269 e. The summed E-state index contributed by atoms with van der Waals surface area (Å²) in [7, 11) is 0. The summed E-state index contributed by atoms with van der Waals surface area (Å²) in [6.07, 6.45) is 5.72. The minimum Gasteiger partial charge on any atom is -0.321 e. The number of aromatic nitrogens is 3. The summed E-state index contributed by atoms with van der Waals surface area (Å²) in [6.45, 7) is 0. The average Bonchev–Trinajstić information content (AvgIpc) is 3.14. The summed E-state index contributed by atoms with van der Waals surface area (Å²) in [5.41, 5.74) is 1.63. The molecule has 9 heteroatoms. The van der Waals surface area contributed by atoms with Gasteiger partial charge in [0.1, 0.15) is 18.3 Å². The number of hydrogen-bond donors (Lipinski definition) is 1. The van der Waals surface area contributed by atoms with Gasteiger partial charge in [-0.3, -0.25) is 14.9 Å². The highest BCUT2D eigenvalue weighted by molar-refractivity contribution is 6.33. The number of rotatable bonds is 5. The second-order valence-corrected chi connectivity index (χ2v) is 5.55. The first-order valence-corrected chi connectivity index (χ1v) is 7.79. The van der Waals surface area contributed by atoms with E-state index in [0.29, 0.717) is 22.0 Å². The molecule has 0 aliphatic rings. The van der Waals surface area contributed by atoms with Crippen molar-refractivity contribution in [2.24, 2.45) is 0 Å². The Kier molecular flexibility index (Phi) is 5.04. The highest BCUT2D eigenvalue weighted by atomic mass is 35.5. The Hall–Kier alpha value is -3.52. The van der Waals surface area contributed by atoms with E-state index in [2.05, 4.69) is 15.4 Å². The maximum atomic E-state index is 12.2. The van der Waals surface area contributed by atoms with E-state index in [1.807, 2.05) is 0 Å². The van der Waals surface area contributed by atoms with Crippen LogP contribution in [0.15, 0.2) is 61.2 Å². The van der Waals surface area contributed by atoms with Gasteiger partial charge >= 0.3 is 0 Å². The van der Waals surface area contributed by atoms with Crippen LogP contribution in [0.2, 0.25) is 5.02 Å². The molecule has 1 N–H and O–H groups in total. The van der Waals surface area contributed by atoms with E-state index in [9.17, 15) is 14.9 Å². The Morgan fingerprint density at radius 3 is 2.65 bits per heavy atom. The van der Waals surface area contributed by atoms with E-state index in [-0.39, 0.29) is 11.6 Å². The molecule has 26 heavy (non-hydrogen) atoms. The predicted molar refractivity (Wildman–Crippen MR) is 97.1 cm³/mol. The van der Waals surface area contributed by atoms with Crippen LogP contribution < -0.4 is 5.32 Å². The lowest BCUT2D eigenvalue weighted by atomic mass is 10.2. The lowest BCUT2D eigenvalue weighted by Crippen LogP contribution is -2.11. The number of halogens is 1. The highest BCUT2D eigenvalue weighted by Gasteiger charge is 2.11. The number of nitro groups is 1. The maximum Gasteiger partial charge on any atom is 0.269 e. The number of carbonyl (C=O) groups is 1. The first-order chi connectivity index (χ1) is 12.5. The molecule has 3 aromatic rings. The molecule has 0 radical (unpaired) electrons. The number of hydrogen-bond acceptors (Lipinski definition) is 5. The number of anilines is 1. The van der Waals surface area contributed by atoms with Crippen LogP contribution in [0.25, 0.3) is 11.8 Å². The van der Waals surface area contributed by atoms with Crippen molar-refractivity contribution in [2.45, 2.75) is 0 Å². The molecule has 1 heterocycles. The van der Waals surface area contributed by atoms with Gasteiger partial charge in [-0.05, 0) is 35.9 Å². The second-order valence-electron chi connectivity index (χ2n) is 5.15. The molecule has 1 aromatic heterocycles. The first-order valence-electron chi connectivity index (χ1n) is 7.41. The predicted octanol–water partition coefficient (Wildman–Crippen LogP) is 3.48. The van der Waals surface area contributed by atoms with Crippen LogP contribution in [0.4, 0.5) is 11.4 Å². The van der Waals surface area contributed by atoms with Gasteiger partial charge in [0.15, 0.2) is 0 Å². The highest BCUT2D eigenvalue weighted by Crippen LogP contribution is 2.27. The lowest BCUT2D eigenvalue weighted by molar-refractivity contribution is -0.384. The molecule has 1 amide bonds. The molecule has 0 bridgehead atoms. The molecule has 0 aliphatic carbocycles. The van der Waals surface area contributed by atoms with Crippen LogP contribution in [0.1, 0.15) is 5.56 Å². The molecule has 0 saturated carbocycles. The molecule has 130 valence electrons. The summed E-state index contributed by atoms with van der Waals surface area (Å²) in [5, 5.41) is 17.8. The van der Waals surface area contributed by atoms with Crippen LogP contribution >= 0.6 is 11.6 Å². The Balaban J connectivity index is 1.76. The zero-order chi connectivity index (χ0) is 18.5. The monoisotopic (exact) mass is 369 g/mol. The van der Waals surface area contributed by atoms with Crippen molar-refractivity contribution in [3.05, 3.63) is 81.9 Å². The maximum absolute atomic E-state index is 12.2. The van der Waals surface area contributed by atoms with Gasteiger partial charge in [0.05, 0.1) is 15.6 Å². The fraction of sp³-hybridized carbons (Fsp3) is 0. The number of para-hydroxylation sites is 1. The van der Waals surface area contributed by atoms with Crippen LogP contribution in [0.5, 0.6) is 0 Å². The van der Waals surface area contributed by atoms with Crippen LogP contribution in [-0.4, -0.2) is 25.6 Å². The average molecular weight is 370 g/mol.